The first-order valence-corrected chi connectivity index (χ1v) is 5.36. The van der Waals surface area contributed by atoms with Crippen LogP contribution in [0.2, 0.25) is 0 Å². The summed E-state index contributed by atoms with van der Waals surface area (Å²) in [5.41, 5.74) is -0.386. The van der Waals surface area contributed by atoms with E-state index in [0.29, 0.717) is 0 Å². The van der Waals surface area contributed by atoms with Crippen LogP contribution in [0.15, 0.2) is 9.98 Å². The smallest absolute Gasteiger partial charge is 0.304 e. The Balaban J connectivity index is 2.86. The third-order valence-electron chi connectivity index (χ3n) is 1.65. The highest BCUT2D eigenvalue weighted by Gasteiger charge is 2.27. The van der Waals surface area contributed by atoms with Crippen LogP contribution in [0.5, 0.6) is 0 Å². The van der Waals surface area contributed by atoms with Gasteiger partial charge in [0, 0.05) is 5.41 Å². The van der Waals surface area contributed by atoms with Gasteiger partial charge in [-0.3, -0.25) is 4.79 Å². The SMILES string of the molecule is CC(C)(CC(=O)O)c1ncc(Br)s1. The van der Waals surface area contributed by atoms with Gasteiger partial charge in [0.1, 0.15) is 0 Å². The van der Waals surface area contributed by atoms with Crippen LogP contribution in [0.1, 0.15) is 25.3 Å². The van der Waals surface area contributed by atoms with E-state index in [1.165, 1.54) is 11.3 Å². The van der Waals surface area contributed by atoms with Gasteiger partial charge in [-0.25, -0.2) is 4.98 Å². The highest BCUT2D eigenvalue weighted by atomic mass is 79.9. The number of aromatic nitrogens is 1. The number of carbonyl (C=O) groups is 1. The molecule has 0 saturated heterocycles. The van der Waals surface area contributed by atoms with Gasteiger partial charge in [-0.15, -0.1) is 11.3 Å². The summed E-state index contributed by atoms with van der Waals surface area (Å²) >= 11 is 4.78. The summed E-state index contributed by atoms with van der Waals surface area (Å²) in [5, 5.41) is 9.53. The summed E-state index contributed by atoms with van der Waals surface area (Å²) in [5.74, 6) is -0.795. The van der Waals surface area contributed by atoms with Crippen molar-refractivity contribution in [2.24, 2.45) is 0 Å². The maximum Gasteiger partial charge on any atom is 0.304 e. The summed E-state index contributed by atoms with van der Waals surface area (Å²) in [4.78, 5) is 14.7. The molecule has 0 aliphatic rings. The number of hydrogen-bond acceptors (Lipinski definition) is 3. The minimum Gasteiger partial charge on any atom is -0.481 e. The molecule has 0 unspecified atom stereocenters. The van der Waals surface area contributed by atoms with Crippen molar-refractivity contribution in [2.75, 3.05) is 0 Å². The van der Waals surface area contributed by atoms with Crippen molar-refractivity contribution >= 4 is 33.2 Å². The molecule has 0 amide bonds. The quantitative estimate of drug-likeness (QED) is 0.913. The van der Waals surface area contributed by atoms with E-state index in [4.69, 9.17) is 5.11 Å². The molecule has 0 aliphatic carbocycles. The predicted octanol–water partition coefficient (Wildman–Crippen LogP) is 2.66. The number of halogens is 1. The van der Waals surface area contributed by atoms with Gasteiger partial charge in [-0.2, -0.15) is 0 Å². The zero-order chi connectivity index (χ0) is 10.1. The number of rotatable bonds is 3. The molecule has 0 fully saturated rings. The van der Waals surface area contributed by atoms with Crippen LogP contribution in [0.4, 0.5) is 0 Å². The summed E-state index contributed by atoms with van der Waals surface area (Å²) < 4.78 is 0.931. The van der Waals surface area contributed by atoms with Crippen molar-refractivity contribution in [1.29, 1.82) is 0 Å². The molecule has 0 spiro atoms. The van der Waals surface area contributed by atoms with Gasteiger partial charge in [-0.1, -0.05) is 13.8 Å². The van der Waals surface area contributed by atoms with Crippen molar-refractivity contribution in [3.63, 3.8) is 0 Å². The van der Waals surface area contributed by atoms with Gasteiger partial charge in [-0.05, 0) is 15.9 Å². The lowest BCUT2D eigenvalue weighted by Crippen LogP contribution is -2.21. The van der Waals surface area contributed by atoms with Crippen molar-refractivity contribution in [1.82, 2.24) is 4.98 Å². The molecule has 0 bridgehead atoms. The molecular weight excluding hydrogens is 254 g/mol. The molecule has 0 aliphatic heterocycles. The maximum atomic E-state index is 10.6. The predicted molar refractivity (Wildman–Crippen MR) is 55.1 cm³/mol. The Kier molecular flexibility index (Phi) is 3.08. The fraction of sp³-hybridized carbons (Fsp3) is 0.500. The van der Waals surface area contributed by atoms with Crippen LogP contribution in [-0.2, 0) is 10.2 Å². The number of hydrogen-bond donors (Lipinski definition) is 1. The fourth-order valence-corrected chi connectivity index (χ4v) is 2.33. The largest absolute Gasteiger partial charge is 0.481 e. The van der Waals surface area contributed by atoms with Crippen molar-refractivity contribution in [2.45, 2.75) is 25.7 Å². The van der Waals surface area contributed by atoms with E-state index < -0.39 is 5.97 Å². The van der Waals surface area contributed by atoms with Crippen molar-refractivity contribution < 1.29 is 9.90 Å². The Morgan fingerprint density at radius 2 is 2.38 bits per heavy atom. The number of carboxylic acids is 1. The van der Waals surface area contributed by atoms with Gasteiger partial charge < -0.3 is 5.11 Å². The molecule has 13 heavy (non-hydrogen) atoms. The number of carboxylic acid groups (broad SMARTS) is 1. The molecule has 1 aromatic heterocycles. The normalized spacial score (nSPS) is 11.6. The zero-order valence-corrected chi connectivity index (χ0v) is 9.78. The molecule has 1 N–H and O–H groups in total. The topological polar surface area (TPSA) is 50.2 Å². The van der Waals surface area contributed by atoms with E-state index in [1.54, 1.807) is 6.20 Å². The van der Waals surface area contributed by atoms with Crippen molar-refractivity contribution in [3.05, 3.63) is 15.0 Å². The van der Waals surface area contributed by atoms with Crippen LogP contribution in [0.3, 0.4) is 0 Å². The second-order valence-electron chi connectivity index (χ2n) is 3.42. The zero-order valence-electron chi connectivity index (χ0n) is 7.37. The number of thiazole rings is 1. The van der Waals surface area contributed by atoms with Gasteiger partial charge in [0.15, 0.2) is 0 Å². The molecule has 72 valence electrons. The molecule has 0 saturated carbocycles. The van der Waals surface area contributed by atoms with E-state index >= 15 is 0 Å². The average Bonchev–Trinajstić information content (AvgIpc) is 2.32. The Hall–Kier alpha value is -0.420. The maximum absolute atomic E-state index is 10.6. The van der Waals surface area contributed by atoms with Crippen LogP contribution in [0.25, 0.3) is 0 Å². The average molecular weight is 264 g/mol. The van der Waals surface area contributed by atoms with Gasteiger partial charge >= 0.3 is 5.97 Å². The summed E-state index contributed by atoms with van der Waals surface area (Å²) in [6, 6.07) is 0. The molecule has 0 atom stereocenters. The van der Waals surface area contributed by atoms with E-state index in [-0.39, 0.29) is 11.8 Å². The second kappa shape index (κ2) is 3.75. The summed E-state index contributed by atoms with van der Waals surface area (Å²) in [6.07, 6.45) is 1.80. The van der Waals surface area contributed by atoms with Gasteiger partial charge in [0.25, 0.3) is 0 Å². The minimum atomic E-state index is -0.795. The molecule has 0 radical (unpaired) electrons. The van der Waals surface area contributed by atoms with Crippen LogP contribution < -0.4 is 0 Å². The number of aliphatic carboxylic acids is 1. The summed E-state index contributed by atoms with van der Waals surface area (Å²) in [6.45, 7) is 3.76. The minimum absolute atomic E-state index is 0.104. The lowest BCUT2D eigenvalue weighted by atomic mass is 9.90. The number of nitrogens with zero attached hydrogens (tertiary/aromatic N) is 1. The molecule has 1 heterocycles. The monoisotopic (exact) mass is 263 g/mol. The Morgan fingerprint density at radius 3 is 2.77 bits per heavy atom. The van der Waals surface area contributed by atoms with Crippen LogP contribution >= 0.6 is 27.3 Å². The van der Waals surface area contributed by atoms with Crippen LogP contribution in [0, 0.1) is 0 Å². The molecule has 1 rings (SSSR count). The highest BCUT2D eigenvalue weighted by Crippen LogP contribution is 2.32. The first-order valence-electron chi connectivity index (χ1n) is 3.75. The standard InChI is InChI=1S/C8H10BrNO2S/c1-8(2,3-6(11)12)7-10-4-5(9)13-7/h4H,3H2,1-2H3,(H,11,12). The fourth-order valence-electron chi connectivity index (χ4n) is 1.02. The third kappa shape index (κ3) is 2.77. The van der Waals surface area contributed by atoms with E-state index in [1.807, 2.05) is 13.8 Å². The third-order valence-corrected chi connectivity index (χ3v) is 3.49. The molecule has 1 aromatic rings. The lowest BCUT2D eigenvalue weighted by molar-refractivity contribution is -0.138. The first kappa shape index (κ1) is 10.7. The van der Waals surface area contributed by atoms with Gasteiger partial charge in [0.05, 0.1) is 21.4 Å². The Morgan fingerprint density at radius 1 is 1.77 bits per heavy atom. The van der Waals surface area contributed by atoms with E-state index in [0.717, 1.165) is 8.79 Å². The van der Waals surface area contributed by atoms with E-state index in [9.17, 15) is 4.79 Å². The van der Waals surface area contributed by atoms with Gasteiger partial charge in [0.2, 0.25) is 0 Å². The Labute approximate surface area is 88.9 Å². The Bertz CT molecular complexity index is 322. The lowest BCUT2D eigenvalue weighted by Gasteiger charge is -2.18. The second-order valence-corrected chi connectivity index (χ2v) is 5.83. The molecule has 5 heteroatoms. The molecular formula is C8H10BrNO2S. The molecule has 3 nitrogen and oxygen atoms in total. The molecule has 0 aromatic carbocycles. The van der Waals surface area contributed by atoms with E-state index in [2.05, 4.69) is 20.9 Å². The summed E-state index contributed by atoms with van der Waals surface area (Å²) in [7, 11) is 0. The van der Waals surface area contributed by atoms with Crippen LogP contribution in [-0.4, -0.2) is 16.1 Å². The first-order chi connectivity index (χ1) is 5.92. The highest BCUT2D eigenvalue weighted by molar-refractivity contribution is 9.11. The van der Waals surface area contributed by atoms with Crippen molar-refractivity contribution in [3.8, 4) is 0 Å².